The highest BCUT2D eigenvalue weighted by atomic mass is 19.4. The third-order valence-electron chi connectivity index (χ3n) is 6.27. The number of halogens is 9. The van der Waals surface area contributed by atoms with Crippen molar-refractivity contribution in [3.05, 3.63) is 82.9 Å². The molecule has 1 heterocycles. The second-order valence-electron chi connectivity index (χ2n) is 9.58. The molecule has 0 atom stereocenters. The second kappa shape index (κ2) is 13.4. The zero-order valence-corrected chi connectivity index (χ0v) is 22.5. The van der Waals surface area contributed by atoms with Crippen LogP contribution in [0.3, 0.4) is 0 Å². The average Bonchev–Trinajstić information content (AvgIpc) is 2.91. The first-order valence-corrected chi connectivity index (χ1v) is 13.0. The van der Waals surface area contributed by atoms with Crippen LogP contribution in [0, 0.1) is 29.2 Å². The summed E-state index contributed by atoms with van der Waals surface area (Å²) in [6.45, 7) is 3.89. The van der Waals surface area contributed by atoms with Gasteiger partial charge >= 0.3 is 12.5 Å². The maximum Gasteiger partial charge on any atom is 0.573 e. The monoisotopic (exact) mass is 624 g/mol. The largest absolute Gasteiger partial charge is 0.573 e. The molecule has 1 aliphatic heterocycles. The molecular formula is C29H25F9O5. The standard InChI is InChI=1S/C29H25F9O5/c1-2-8-39-9-7-16-14-40-27(41-15-16)17-3-5-20(21(30)10-17)18-11-23(32)26(24(33)12-18)28(34,35)42-19-4-6-25(22(31)13-19)43-29(36,37)38/h3-6,10-13,16,27H,2,7-9,14-15H2,1H3. The quantitative estimate of drug-likeness (QED) is 0.158. The van der Waals surface area contributed by atoms with Crippen LogP contribution >= 0.6 is 0 Å². The summed E-state index contributed by atoms with van der Waals surface area (Å²) in [5.74, 6) is -8.61. The fourth-order valence-corrected chi connectivity index (χ4v) is 4.27. The Morgan fingerprint density at radius 3 is 2.02 bits per heavy atom. The summed E-state index contributed by atoms with van der Waals surface area (Å²) in [4.78, 5) is 0. The fourth-order valence-electron chi connectivity index (χ4n) is 4.27. The van der Waals surface area contributed by atoms with Gasteiger partial charge in [0, 0.05) is 36.3 Å². The normalized spacial score (nSPS) is 17.6. The van der Waals surface area contributed by atoms with Crippen LogP contribution in [0.15, 0.2) is 48.5 Å². The summed E-state index contributed by atoms with van der Waals surface area (Å²) in [6.07, 6.45) is -9.27. The molecule has 43 heavy (non-hydrogen) atoms. The van der Waals surface area contributed by atoms with E-state index in [0.717, 1.165) is 18.9 Å². The Labute approximate surface area is 240 Å². The zero-order chi connectivity index (χ0) is 31.4. The van der Waals surface area contributed by atoms with Gasteiger partial charge in [-0.25, -0.2) is 17.6 Å². The smallest absolute Gasteiger partial charge is 0.429 e. The van der Waals surface area contributed by atoms with Crippen LogP contribution in [0.2, 0.25) is 0 Å². The predicted molar refractivity (Wildman–Crippen MR) is 133 cm³/mol. The molecule has 0 bridgehead atoms. The molecule has 1 aliphatic rings. The Kier molecular flexibility index (Phi) is 10.1. The van der Waals surface area contributed by atoms with Crippen LogP contribution in [0.5, 0.6) is 11.5 Å². The minimum Gasteiger partial charge on any atom is -0.429 e. The van der Waals surface area contributed by atoms with Gasteiger partial charge in [0.25, 0.3) is 0 Å². The molecule has 0 aliphatic carbocycles. The molecule has 0 amide bonds. The molecule has 3 aromatic carbocycles. The van der Waals surface area contributed by atoms with Crippen molar-refractivity contribution in [2.45, 2.75) is 38.5 Å². The predicted octanol–water partition coefficient (Wildman–Crippen LogP) is 8.42. The maximum atomic E-state index is 15.0. The molecular weight excluding hydrogens is 599 g/mol. The van der Waals surface area contributed by atoms with Crippen LogP contribution in [0.1, 0.15) is 37.2 Å². The van der Waals surface area contributed by atoms with Crippen molar-refractivity contribution in [1.29, 1.82) is 0 Å². The lowest BCUT2D eigenvalue weighted by molar-refractivity contribution is -0.275. The van der Waals surface area contributed by atoms with Crippen LogP contribution in [-0.4, -0.2) is 32.8 Å². The van der Waals surface area contributed by atoms with E-state index in [1.54, 1.807) is 0 Å². The van der Waals surface area contributed by atoms with Gasteiger partial charge in [0.2, 0.25) is 0 Å². The molecule has 234 valence electrons. The summed E-state index contributed by atoms with van der Waals surface area (Å²) in [6, 6.07) is 5.47. The molecule has 4 rings (SSSR count). The van der Waals surface area contributed by atoms with Gasteiger partial charge in [-0.3, -0.25) is 0 Å². The van der Waals surface area contributed by atoms with Crippen molar-refractivity contribution in [2.75, 3.05) is 26.4 Å². The lowest BCUT2D eigenvalue weighted by Crippen LogP contribution is -2.28. The first-order valence-electron chi connectivity index (χ1n) is 13.0. The molecule has 0 saturated carbocycles. The molecule has 3 aromatic rings. The van der Waals surface area contributed by atoms with E-state index >= 15 is 4.39 Å². The van der Waals surface area contributed by atoms with E-state index < -0.39 is 64.7 Å². The number of benzene rings is 3. The van der Waals surface area contributed by atoms with Crippen molar-refractivity contribution in [3.8, 4) is 22.6 Å². The summed E-state index contributed by atoms with van der Waals surface area (Å²) in [5.41, 5.74) is -2.33. The number of hydrogen-bond donors (Lipinski definition) is 0. The first-order chi connectivity index (χ1) is 20.3. The Balaban J connectivity index is 1.46. The molecule has 0 unspecified atom stereocenters. The SMILES string of the molecule is CCCOCCC1COC(c2ccc(-c3cc(F)c(C(F)(F)Oc4ccc(OC(F)(F)F)c(F)c4)c(F)c3)c(F)c2)OC1. The van der Waals surface area contributed by atoms with Gasteiger partial charge in [0.05, 0.1) is 13.2 Å². The zero-order valence-electron chi connectivity index (χ0n) is 22.5. The molecule has 1 fully saturated rings. The van der Waals surface area contributed by atoms with E-state index in [1.807, 2.05) is 6.92 Å². The molecule has 5 nitrogen and oxygen atoms in total. The van der Waals surface area contributed by atoms with Crippen LogP contribution in [0.4, 0.5) is 39.5 Å². The first kappa shape index (κ1) is 32.4. The molecule has 1 saturated heterocycles. The molecule has 14 heteroatoms. The average molecular weight is 624 g/mol. The Morgan fingerprint density at radius 1 is 0.767 bits per heavy atom. The Bertz CT molecular complexity index is 1380. The second-order valence-corrected chi connectivity index (χ2v) is 9.58. The molecule has 0 N–H and O–H groups in total. The van der Waals surface area contributed by atoms with E-state index in [2.05, 4.69) is 9.47 Å². The van der Waals surface area contributed by atoms with Crippen molar-refractivity contribution in [3.63, 3.8) is 0 Å². The minimum absolute atomic E-state index is 0.0885. The summed E-state index contributed by atoms with van der Waals surface area (Å²) < 4.78 is 149. The summed E-state index contributed by atoms with van der Waals surface area (Å²) in [5, 5.41) is 0. The van der Waals surface area contributed by atoms with E-state index in [-0.39, 0.29) is 17.5 Å². The van der Waals surface area contributed by atoms with Gasteiger partial charge in [0.15, 0.2) is 17.9 Å². The van der Waals surface area contributed by atoms with E-state index in [9.17, 15) is 35.1 Å². The Hall–Kier alpha value is -3.49. The molecule has 0 aromatic heterocycles. The van der Waals surface area contributed by atoms with Crippen LogP contribution in [-0.2, 0) is 20.3 Å². The van der Waals surface area contributed by atoms with E-state index in [1.165, 1.54) is 12.1 Å². The summed E-state index contributed by atoms with van der Waals surface area (Å²) in [7, 11) is 0. The maximum absolute atomic E-state index is 15.0. The van der Waals surface area contributed by atoms with Gasteiger partial charge in [-0.05, 0) is 48.7 Å². The third kappa shape index (κ3) is 8.33. The summed E-state index contributed by atoms with van der Waals surface area (Å²) >= 11 is 0. The topological polar surface area (TPSA) is 46.2 Å². The molecule has 0 spiro atoms. The lowest BCUT2D eigenvalue weighted by atomic mass is 10.00. The van der Waals surface area contributed by atoms with Gasteiger partial charge in [-0.15, -0.1) is 13.2 Å². The highest BCUT2D eigenvalue weighted by Gasteiger charge is 2.42. The fraction of sp³-hybridized carbons (Fsp3) is 0.379. The molecule has 0 radical (unpaired) electrons. The van der Waals surface area contributed by atoms with E-state index in [4.69, 9.17) is 14.2 Å². The highest BCUT2D eigenvalue weighted by molar-refractivity contribution is 5.65. The van der Waals surface area contributed by atoms with E-state index in [0.29, 0.717) is 56.3 Å². The highest BCUT2D eigenvalue weighted by Crippen LogP contribution is 2.39. The number of alkyl halides is 5. The number of hydrogen-bond acceptors (Lipinski definition) is 5. The van der Waals surface area contributed by atoms with Gasteiger partial charge < -0.3 is 23.7 Å². The van der Waals surface area contributed by atoms with Crippen molar-refractivity contribution >= 4 is 0 Å². The third-order valence-corrected chi connectivity index (χ3v) is 6.27. The van der Waals surface area contributed by atoms with Crippen LogP contribution < -0.4 is 9.47 Å². The van der Waals surface area contributed by atoms with Gasteiger partial charge in [-0.2, -0.15) is 8.78 Å². The van der Waals surface area contributed by atoms with Crippen molar-refractivity contribution in [1.82, 2.24) is 0 Å². The van der Waals surface area contributed by atoms with Crippen molar-refractivity contribution < 1.29 is 63.2 Å². The Morgan fingerprint density at radius 2 is 1.44 bits per heavy atom. The minimum atomic E-state index is -5.26. The number of ether oxygens (including phenoxy) is 5. The van der Waals surface area contributed by atoms with Gasteiger partial charge in [-0.1, -0.05) is 19.1 Å². The van der Waals surface area contributed by atoms with Crippen molar-refractivity contribution in [2.24, 2.45) is 5.92 Å². The number of rotatable bonds is 11. The van der Waals surface area contributed by atoms with Gasteiger partial charge in [0.1, 0.15) is 28.8 Å². The van der Waals surface area contributed by atoms with Crippen LogP contribution in [0.25, 0.3) is 11.1 Å². The lowest BCUT2D eigenvalue weighted by Gasteiger charge is -2.29.